The highest BCUT2D eigenvalue weighted by atomic mass is 16.5. The predicted molar refractivity (Wildman–Crippen MR) is 127 cm³/mol. The summed E-state index contributed by atoms with van der Waals surface area (Å²) >= 11 is 0. The Hall–Kier alpha value is -4.00. The van der Waals surface area contributed by atoms with Gasteiger partial charge in [-0.25, -0.2) is 14.8 Å². The van der Waals surface area contributed by atoms with Gasteiger partial charge in [-0.15, -0.1) is 0 Å². The van der Waals surface area contributed by atoms with Crippen molar-refractivity contribution in [1.82, 2.24) is 24.7 Å². The van der Waals surface area contributed by atoms with Crippen LogP contribution in [0.2, 0.25) is 0 Å². The van der Waals surface area contributed by atoms with Crippen LogP contribution in [0.5, 0.6) is 0 Å². The van der Waals surface area contributed by atoms with E-state index in [0.29, 0.717) is 11.7 Å². The summed E-state index contributed by atoms with van der Waals surface area (Å²) in [6.45, 7) is 6.31. The summed E-state index contributed by atoms with van der Waals surface area (Å²) in [7, 11) is 0. The van der Waals surface area contributed by atoms with Crippen molar-refractivity contribution in [3.8, 4) is 28.2 Å². The van der Waals surface area contributed by atoms with E-state index in [-0.39, 0.29) is 0 Å². The fraction of sp³-hybridized carbons (Fsp3) is 0.231. The van der Waals surface area contributed by atoms with Crippen molar-refractivity contribution in [1.29, 1.82) is 0 Å². The number of benzene rings is 2. The van der Waals surface area contributed by atoms with Crippen LogP contribution in [-0.2, 0) is 0 Å². The van der Waals surface area contributed by atoms with Crippen LogP contribution >= 0.6 is 0 Å². The third-order valence-corrected chi connectivity index (χ3v) is 6.61. The molecule has 33 heavy (non-hydrogen) atoms. The van der Waals surface area contributed by atoms with E-state index in [9.17, 15) is 4.79 Å². The number of fused-ring (bicyclic) bond motifs is 1. The van der Waals surface area contributed by atoms with Gasteiger partial charge in [-0.2, -0.15) is 0 Å². The molecule has 0 unspecified atom stereocenters. The van der Waals surface area contributed by atoms with Gasteiger partial charge in [-0.3, -0.25) is 14.1 Å². The van der Waals surface area contributed by atoms with E-state index in [1.54, 1.807) is 0 Å². The van der Waals surface area contributed by atoms with E-state index < -0.39 is 5.76 Å². The lowest BCUT2D eigenvalue weighted by molar-refractivity contribution is 0.388. The Balaban J connectivity index is 1.48. The zero-order valence-electron chi connectivity index (χ0n) is 18.7. The summed E-state index contributed by atoms with van der Waals surface area (Å²) in [6.07, 6.45) is 2.34. The van der Waals surface area contributed by atoms with Crippen LogP contribution in [0, 0.1) is 20.8 Å². The topological polar surface area (TPSA) is 89.6 Å². The summed E-state index contributed by atoms with van der Waals surface area (Å²) in [5.41, 5.74) is 9.19. The van der Waals surface area contributed by atoms with Gasteiger partial charge in [0, 0.05) is 22.9 Å². The molecule has 0 aliphatic heterocycles. The van der Waals surface area contributed by atoms with E-state index in [1.807, 2.05) is 24.3 Å². The second kappa shape index (κ2) is 7.27. The maximum absolute atomic E-state index is 11.5. The third-order valence-electron chi connectivity index (χ3n) is 6.61. The standard InChI is InChI=1S/C26H23N5O2/c1-14-15(2)22-25(27-16(14)3)31(24(28-22)18-8-9-18)19-12-10-17(11-13-19)20-6-4-5-7-21(20)23-29-26(32)33-30-23/h4-7,10-13,18H,8-9H2,1-3H3,(H,29,30,32). The first-order valence-electron chi connectivity index (χ1n) is 11.1. The number of H-pyrrole nitrogens is 1. The van der Waals surface area contributed by atoms with E-state index in [2.05, 4.69) is 59.7 Å². The number of aromatic nitrogens is 5. The smallest absolute Gasteiger partial charge is 0.296 e. The van der Waals surface area contributed by atoms with Gasteiger partial charge >= 0.3 is 5.76 Å². The minimum absolute atomic E-state index is 0.418. The second-order valence-corrected chi connectivity index (χ2v) is 8.74. The summed E-state index contributed by atoms with van der Waals surface area (Å²) < 4.78 is 6.93. The van der Waals surface area contributed by atoms with Gasteiger partial charge in [0.1, 0.15) is 11.3 Å². The molecule has 1 N–H and O–H groups in total. The normalized spacial score (nSPS) is 13.7. The molecule has 0 spiro atoms. The van der Waals surface area contributed by atoms with Crippen molar-refractivity contribution >= 4 is 11.2 Å². The van der Waals surface area contributed by atoms with E-state index >= 15 is 0 Å². The van der Waals surface area contributed by atoms with Crippen molar-refractivity contribution in [3.05, 3.63) is 81.7 Å². The molecule has 7 nitrogen and oxygen atoms in total. The van der Waals surface area contributed by atoms with Crippen molar-refractivity contribution < 1.29 is 4.52 Å². The molecule has 2 aromatic carbocycles. The monoisotopic (exact) mass is 437 g/mol. The zero-order chi connectivity index (χ0) is 22.7. The van der Waals surface area contributed by atoms with E-state index in [4.69, 9.17) is 14.5 Å². The number of aryl methyl sites for hydroxylation is 2. The molecule has 5 aromatic rings. The molecule has 0 amide bonds. The molecule has 0 atom stereocenters. The van der Waals surface area contributed by atoms with Crippen LogP contribution in [0.25, 0.3) is 39.4 Å². The molecule has 164 valence electrons. The van der Waals surface area contributed by atoms with Crippen molar-refractivity contribution in [2.45, 2.75) is 39.5 Å². The van der Waals surface area contributed by atoms with Gasteiger partial charge < -0.3 is 0 Å². The van der Waals surface area contributed by atoms with Crippen LogP contribution in [0.15, 0.2) is 57.8 Å². The molecule has 0 bridgehead atoms. The Bertz CT molecular complexity index is 1570. The number of imidazole rings is 1. The summed E-state index contributed by atoms with van der Waals surface area (Å²) in [4.78, 5) is 24.1. The average molecular weight is 438 g/mol. The predicted octanol–water partition coefficient (Wildman–Crippen LogP) is 5.23. The first kappa shape index (κ1) is 19.7. The molecule has 1 fully saturated rings. The average Bonchev–Trinajstić information content (AvgIpc) is 3.48. The molecular formula is C26H23N5O2. The summed E-state index contributed by atoms with van der Waals surface area (Å²) in [5.74, 6) is 1.44. The molecule has 1 saturated carbocycles. The molecule has 3 heterocycles. The number of aromatic amines is 1. The van der Waals surface area contributed by atoms with Gasteiger partial charge in [0.05, 0.1) is 0 Å². The van der Waals surface area contributed by atoms with Crippen LogP contribution < -0.4 is 5.76 Å². The van der Waals surface area contributed by atoms with Gasteiger partial charge in [0.25, 0.3) is 0 Å². The number of nitrogens with zero attached hydrogens (tertiary/aromatic N) is 4. The van der Waals surface area contributed by atoms with E-state index in [1.165, 1.54) is 24.0 Å². The number of pyridine rings is 1. The summed E-state index contributed by atoms with van der Waals surface area (Å²) in [6, 6.07) is 16.2. The van der Waals surface area contributed by atoms with Gasteiger partial charge in [0.15, 0.2) is 11.5 Å². The Kier molecular flexibility index (Phi) is 4.33. The SMILES string of the molecule is Cc1nc2c(nc(C3CC3)n2-c2ccc(-c3ccccc3-c3noc(=O)[nH]3)cc2)c(C)c1C. The fourth-order valence-corrected chi connectivity index (χ4v) is 4.42. The minimum atomic E-state index is -0.567. The molecule has 0 saturated heterocycles. The largest absolute Gasteiger partial charge is 0.439 e. The third kappa shape index (κ3) is 3.19. The van der Waals surface area contributed by atoms with Crippen LogP contribution in [0.4, 0.5) is 0 Å². The Morgan fingerprint density at radius 1 is 0.939 bits per heavy atom. The first-order valence-corrected chi connectivity index (χ1v) is 11.1. The lowest BCUT2D eigenvalue weighted by Gasteiger charge is -2.12. The molecule has 3 aromatic heterocycles. The number of rotatable bonds is 4. The number of hydrogen-bond donors (Lipinski definition) is 1. The van der Waals surface area contributed by atoms with Gasteiger partial charge in [-0.05, 0) is 68.0 Å². The van der Waals surface area contributed by atoms with E-state index in [0.717, 1.165) is 45.1 Å². The maximum Gasteiger partial charge on any atom is 0.439 e. The highest BCUT2D eigenvalue weighted by molar-refractivity contribution is 5.82. The fourth-order valence-electron chi connectivity index (χ4n) is 4.42. The van der Waals surface area contributed by atoms with Crippen molar-refractivity contribution in [2.24, 2.45) is 0 Å². The lowest BCUT2D eigenvalue weighted by Crippen LogP contribution is -2.02. The first-order chi connectivity index (χ1) is 16.0. The second-order valence-electron chi connectivity index (χ2n) is 8.74. The number of nitrogens with one attached hydrogen (secondary N) is 1. The van der Waals surface area contributed by atoms with Gasteiger partial charge in [0.2, 0.25) is 0 Å². The maximum atomic E-state index is 11.5. The van der Waals surface area contributed by atoms with Crippen molar-refractivity contribution in [2.75, 3.05) is 0 Å². The summed E-state index contributed by atoms with van der Waals surface area (Å²) in [5, 5.41) is 3.86. The van der Waals surface area contributed by atoms with Crippen molar-refractivity contribution in [3.63, 3.8) is 0 Å². The highest BCUT2D eigenvalue weighted by Gasteiger charge is 2.31. The Labute approximate surface area is 190 Å². The lowest BCUT2D eigenvalue weighted by atomic mass is 9.99. The molecule has 1 aliphatic carbocycles. The minimum Gasteiger partial charge on any atom is -0.296 e. The van der Waals surface area contributed by atoms with Crippen LogP contribution in [-0.4, -0.2) is 24.7 Å². The van der Waals surface area contributed by atoms with Crippen LogP contribution in [0.1, 0.15) is 41.4 Å². The van der Waals surface area contributed by atoms with Gasteiger partial charge in [-0.1, -0.05) is 41.6 Å². The molecule has 0 radical (unpaired) electrons. The molecule has 7 heteroatoms. The highest BCUT2D eigenvalue weighted by Crippen LogP contribution is 2.42. The molecular weight excluding hydrogens is 414 g/mol. The molecule has 1 aliphatic rings. The van der Waals surface area contributed by atoms with Crippen LogP contribution in [0.3, 0.4) is 0 Å². The Morgan fingerprint density at radius 2 is 1.67 bits per heavy atom. The quantitative estimate of drug-likeness (QED) is 0.416. The molecule has 6 rings (SSSR count). The zero-order valence-corrected chi connectivity index (χ0v) is 18.7. The number of hydrogen-bond acceptors (Lipinski definition) is 5. The Morgan fingerprint density at radius 3 is 2.33 bits per heavy atom.